The molecule has 5 heteroatoms. The molecule has 3 aromatic rings. The van der Waals surface area contributed by atoms with Gasteiger partial charge in [-0.15, -0.1) is 0 Å². The van der Waals surface area contributed by atoms with Gasteiger partial charge >= 0.3 is 0 Å². The lowest BCUT2D eigenvalue weighted by Crippen LogP contribution is -2.25. The van der Waals surface area contributed by atoms with Gasteiger partial charge in [0.2, 0.25) is 0 Å². The summed E-state index contributed by atoms with van der Waals surface area (Å²) in [6.07, 6.45) is 1.71. The Kier molecular flexibility index (Phi) is 3.62. The normalized spacial score (nSPS) is 10.8. The van der Waals surface area contributed by atoms with Gasteiger partial charge in [-0.25, -0.2) is 0 Å². The van der Waals surface area contributed by atoms with E-state index in [-0.39, 0.29) is 5.91 Å². The van der Waals surface area contributed by atoms with Gasteiger partial charge in [0.15, 0.2) is 0 Å². The Hall–Kier alpha value is -2.33. The Bertz CT molecular complexity index is 796. The number of nitrogens with one attached hydrogen (secondary N) is 1. The third-order valence-corrected chi connectivity index (χ3v) is 3.63. The highest BCUT2D eigenvalue weighted by Crippen LogP contribution is 2.22. The van der Waals surface area contributed by atoms with Crippen molar-refractivity contribution in [1.29, 1.82) is 0 Å². The van der Waals surface area contributed by atoms with Crippen molar-refractivity contribution in [2.24, 2.45) is 7.05 Å². The van der Waals surface area contributed by atoms with Gasteiger partial charge in [0.1, 0.15) is 5.69 Å². The highest BCUT2D eigenvalue weighted by molar-refractivity contribution is 6.31. The molecule has 0 bridgehead atoms. The lowest BCUT2D eigenvalue weighted by atomic mass is 10.2. The molecule has 2 aromatic heterocycles. The van der Waals surface area contributed by atoms with Crippen molar-refractivity contribution < 1.29 is 4.79 Å². The van der Waals surface area contributed by atoms with Crippen LogP contribution in [0, 0.1) is 0 Å². The van der Waals surface area contributed by atoms with Crippen molar-refractivity contribution in [2.75, 3.05) is 0 Å². The fourth-order valence-corrected chi connectivity index (χ4v) is 2.48. The maximum atomic E-state index is 12.3. The highest BCUT2D eigenvalue weighted by Gasteiger charge is 2.13. The summed E-state index contributed by atoms with van der Waals surface area (Å²) in [4.78, 5) is 16.5. The van der Waals surface area contributed by atoms with Crippen LogP contribution in [0.4, 0.5) is 0 Å². The molecule has 0 radical (unpaired) electrons. The average molecular weight is 300 g/mol. The van der Waals surface area contributed by atoms with E-state index in [1.165, 1.54) is 0 Å². The number of halogens is 1. The van der Waals surface area contributed by atoms with Gasteiger partial charge < -0.3 is 9.88 Å². The monoisotopic (exact) mass is 299 g/mol. The Morgan fingerprint density at radius 1 is 1.29 bits per heavy atom. The summed E-state index contributed by atoms with van der Waals surface area (Å²) in [5.41, 5.74) is 2.40. The van der Waals surface area contributed by atoms with Crippen molar-refractivity contribution in [2.45, 2.75) is 6.54 Å². The number of aromatic nitrogens is 2. The number of hydrogen-bond acceptors (Lipinski definition) is 2. The molecule has 1 aromatic carbocycles. The third-order valence-electron chi connectivity index (χ3n) is 3.39. The van der Waals surface area contributed by atoms with Crippen LogP contribution < -0.4 is 5.32 Å². The third kappa shape index (κ3) is 2.76. The summed E-state index contributed by atoms with van der Waals surface area (Å²) in [6, 6.07) is 13.0. The number of fused-ring (bicyclic) bond motifs is 1. The standard InChI is InChI=1S/C16H14ClN3O/c1-20-14-6-5-12(17)8-11(14)9-15(20)16(21)19-10-13-4-2-3-7-18-13/h2-9H,10H2,1H3,(H,19,21). The molecule has 3 rings (SSSR count). The molecule has 0 atom stereocenters. The minimum atomic E-state index is -0.129. The van der Waals surface area contributed by atoms with Crippen molar-refractivity contribution in [3.63, 3.8) is 0 Å². The summed E-state index contributed by atoms with van der Waals surface area (Å²) in [5, 5.41) is 4.49. The maximum Gasteiger partial charge on any atom is 0.268 e. The van der Waals surface area contributed by atoms with E-state index in [0.717, 1.165) is 16.6 Å². The second-order valence-electron chi connectivity index (χ2n) is 4.80. The number of amides is 1. The van der Waals surface area contributed by atoms with E-state index in [9.17, 15) is 4.79 Å². The molecule has 1 N–H and O–H groups in total. The molecule has 0 aliphatic rings. The second-order valence-corrected chi connectivity index (χ2v) is 5.23. The van der Waals surface area contributed by atoms with Gasteiger partial charge in [-0.3, -0.25) is 9.78 Å². The van der Waals surface area contributed by atoms with Crippen LogP contribution in [0.3, 0.4) is 0 Å². The van der Waals surface area contributed by atoms with E-state index in [1.807, 2.05) is 54.1 Å². The van der Waals surface area contributed by atoms with Crippen molar-refractivity contribution >= 4 is 28.4 Å². The lowest BCUT2D eigenvalue weighted by Gasteiger charge is -2.06. The number of carbonyl (C=O) groups excluding carboxylic acids is 1. The van der Waals surface area contributed by atoms with Gasteiger partial charge in [0, 0.05) is 29.2 Å². The van der Waals surface area contributed by atoms with Crippen molar-refractivity contribution in [3.05, 3.63) is 65.1 Å². The van der Waals surface area contributed by atoms with Crippen LogP contribution in [0.25, 0.3) is 10.9 Å². The Labute approximate surface area is 127 Å². The zero-order valence-corrected chi connectivity index (χ0v) is 12.3. The molecule has 0 saturated carbocycles. The second kappa shape index (κ2) is 5.58. The molecule has 1 amide bonds. The Morgan fingerprint density at radius 2 is 2.14 bits per heavy atom. The predicted octanol–water partition coefficient (Wildman–Crippen LogP) is 3.16. The number of nitrogens with zero attached hydrogens (tertiary/aromatic N) is 2. The molecule has 0 fully saturated rings. The number of benzene rings is 1. The molecule has 0 aliphatic heterocycles. The maximum absolute atomic E-state index is 12.3. The first-order chi connectivity index (χ1) is 10.1. The number of pyridine rings is 1. The fraction of sp³-hybridized carbons (Fsp3) is 0.125. The zero-order valence-electron chi connectivity index (χ0n) is 11.5. The number of aryl methyl sites for hydroxylation is 1. The molecule has 0 aliphatic carbocycles. The minimum Gasteiger partial charge on any atom is -0.345 e. The quantitative estimate of drug-likeness (QED) is 0.807. The Morgan fingerprint density at radius 3 is 2.90 bits per heavy atom. The fourth-order valence-electron chi connectivity index (χ4n) is 2.30. The van der Waals surface area contributed by atoms with Crippen LogP contribution in [-0.2, 0) is 13.6 Å². The van der Waals surface area contributed by atoms with Gasteiger partial charge in [-0.05, 0) is 36.4 Å². The van der Waals surface area contributed by atoms with Gasteiger partial charge in [0.25, 0.3) is 5.91 Å². The van der Waals surface area contributed by atoms with Crippen LogP contribution in [-0.4, -0.2) is 15.5 Å². The number of carbonyl (C=O) groups is 1. The highest BCUT2D eigenvalue weighted by atomic mass is 35.5. The molecular weight excluding hydrogens is 286 g/mol. The molecule has 21 heavy (non-hydrogen) atoms. The molecule has 0 saturated heterocycles. The summed E-state index contributed by atoms with van der Waals surface area (Å²) >= 11 is 5.98. The summed E-state index contributed by atoms with van der Waals surface area (Å²) < 4.78 is 1.86. The summed E-state index contributed by atoms with van der Waals surface area (Å²) in [6.45, 7) is 0.405. The predicted molar refractivity (Wildman–Crippen MR) is 83.3 cm³/mol. The molecular formula is C16H14ClN3O. The van der Waals surface area contributed by atoms with E-state index >= 15 is 0 Å². The number of hydrogen-bond donors (Lipinski definition) is 1. The van der Waals surface area contributed by atoms with Gasteiger partial charge in [-0.2, -0.15) is 0 Å². The zero-order chi connectivity index (χ0) is 14.8. The van der Waals surface area contributed by atoms with E-state index in [0.29, 0.717) is 17.3 Å². The molecule has 4 nitrogen and oxygen atoms in total. The van der Waals surface area contributed by atoms with Crippen LogP contribution in [0.5, 0.6) is 0 Å². The minimum absolute atomic E-state index is 0.129. The Balaban J connectivity index is 1.83. The average Bonchev–Trinajstić information content (AvgIpc) is 2.82. The van der Waals surface area contributed by atoms with Gasteiger partial charge in [0.05, 0.1) is 12.2 Å². The largest absolute Gasteiger partial charge is 0.345 e. The van der Waals surface area contributed by atoms with Crippen molar-refractivity contribution in [3.8, 4) is 0 Å². The first-order valence-electron chi connectivity index (χ1n) is 6.58. The molecule has 2 heterocycles. The van der Waals surface area contributed by atoms with Gasteiger partial charge in [-0.1, -0.05) is 17.7 Å². The van der Waals surface area contributed by atoms with E-state index in [4.69, 9.17) is 11.6 Å². The number of rotatable bonds is 3. The van der Waals surface area contributed by atoms with Crippen LogP contribution in [0.2, 0.25) is 5.02 Å². The lowest BCUT2D eigenvalue weighted by molar-refractivity contribution is 0.0942. The van der Waals surface area contributed by atoms with E-state index in [1.54, 1.807) is 6.20 Å². The van der Waals surface area contributed by atoms with Crippen molar-refractivity contribution in [1.82, 2.24) is 14.9 Å². The van der Waals surface area contributed by atoms with Crippen LogP contribution in [0.15, 0.2) is 48.7 Å². The summed E-state index contributed by atoms with van der Waals surface area (Å²) in [5.74, 6) is -0.129. The van der Waals surface area contributed by atoms with Crippen LogP contribution in [0.1, 0.15) is 16.2 Å². The SMILES string of the molecule is Cn1c(C(=O)NCc2ccccn2)cc2cc(Cl)ccc21. The van der Waals surface area contributed by atoms with Crippen LogP contribution >= 0.6 is 11.6 Å². The first kappa shape index (κ1) is 13.6. The molecule has 0 unspecified atom stereocenters. The smallest absolute Gasteiger partial charge is 0.268 e. The summed E-state index contributed by atoms with van der Waals surface area (Å²) in [7, 11) is 1.87. The topological polar surface area (TPSA) is 46.9 Å². The van der Waals surface area contributed by atoms with E-state index < -0.39 is 0 Å². The van der Waals surface area contributed by atoms with E-state index in [2.05, 4.69) is 10.3 Å². The molecule has 0 spiro atoms. The first-order valence-corrected chi connectivity index (χ1v) is 6.96. The molecule has 106 valence electrons.